The van der Waals surface area contributed by atoms with Gasteiger partial charge >= 0.3 is 0 Å². The van der Waals surface area contributed by atoms with E-state index in [1.54, 1.807) is 0 Å². The van der Waals surface area contributed by atoms with Crippen LogP contribution in [0.1, 0.15) is 24.1 Å². The zero-order valence-corrected chi connectivity index (χ0v) is 14.5. The first-order chi connectivity index (χ1) is 12.2. The molecule has 0 spiro atoms. The molecule has 0 radical (unpaired) electrons. The van der Waals surface area contributed by atoms with Gasteiger partial charge in [-0.1, -0.05) is 48.5 Å². The van der Waals surface area contributed by atoms with Crippen molar-refractivity contribution in [3.8, 4) is 22.4 Å². The van der Waals surface area contributed by atoms with Gasteiger partial charge < -0.3 is 0 Å². The number of benzene rings is 3. The molecule has 0 saturated carbocycles. The highest BCUT2D eigenvalue weighted by Gasteiger charge is 2.32. The number of aromatic nitrogens is 1. The molecule has 0 N–H and O–H groups in total. The lowest BCUT2D eigenvalue weighted by Gasteiger charge is -2.10. The minimum absolute atomic E-state index is 0.398. The molecule has 1 aliphatic rings. The highest BCUT2D eigenvalue weighted by molar-refractivity contribution is 5.99. The number of hydrogen-bond acceptors (Lipinski definition) is 0. The van der Waals surface area contributed by atoms with Gasteiger partial charge in [-0.05, 0) is 46.5 Å². The number of pyridine rings is 1. The first kappa shape index (κ1) is 14.4. The fourth-order valence-corrected chi connectivity index (χ4v) is 4.18. The van der Waals surface area contributed by atoms with Crippen molar-refractivity contribution in [3.63, 3.8) is 0 Å². The largest absolute Gasteiger partial charge is 0.213 e. The van der Waals surface area contributed by atoms with Crippen LogP contribution in [0.2, 0.25) is 0 Å². The summed E-state index contributed by atoms with van der Waals surface area (Å²) in [4.78, 5) is 0. The van der Waals surface area contributed by atoms with E-state index in [4.69, 9.17) is 0 Å². The van der Waals surface area contributed by atoms with E-state index in [1.807, 2.05) is 0 Å². The molecule has 1 atom stereocenters. The predicted molar refractivity (Wildman–Crippen MR) is 104 cm³/mol. The molecular formula is C24H20N+. The van der Waals surface area contributed by atoms with Gasteiger partial charge in [0.1, 0.15) is 0 Å². The zero-order chi connectivity index (χ0) is 17.0. The lowest BCUT2D eigenvalue weighted by Crippen LogP contribution is -2.35. The van der Waals surface area contributed by atoms with Crippen molar-refractivity contribution in [3.05, 3.63) is 90.1 Å². The second-order valence-electron chi connectivity index (χ2n) is 6.95. The van der Waals surface area contributed by atoms with Crippen LogP contribution >= 0.6 is 0 Å². The molecule has 3 aromatic carbocycles. The molecule has 5 rings (SSSR count). The lowest BCUT2D eigenvalue weighted by atomic mass is 9.92. The molecule has 1 unspecified atom stereocenters. The maximum absolute atomic E-state index is 2.36. The molecule has 120 valence electrons. The molecule has 25 heavy (non-hydrogen) atoms. The van der Waals surface area contributed by atoms with Crippen molar-refractivity contribution >= 4 is 10.8 Å². The molecule has 0 amide bonds. The fraction of sp³-hybridized carbons (Fsp3) is 0.125. The summed E-state index contributed by atoms with van der Waals surface area (Å²) in [5, 5.41) is 2.66. The van der Waals surface area contributed by atoms with Gasteiger partial charge in [-0.15, -0.1) is 0 Å². The Morgan fingerprint density at radius 2 is 1.56 bits per heavy atom. The van der Waals surface area contributed by atoms with Crippen LogP contribution in [0, 0.1) is 6.92 Å². The van der Waals surface area contributed by atoms with Gasteiger partial charge in [-0.25, -0.2) is 0 Å². The van der Waals surface area contributed by atoms with E-state index in [2.05, 4.69) is 97.4 Å². The molecule has 2 heterocycles. The Balaban J connectivity index is 1.76. The molecular weight excluding hydrogens is 302 g/mol. The second kappa shape index (κ2) is 5.29. The normalized spacial score (nSPS) is 15.2. The third-order valence-corrected chi connectivity index (χ3v) is 5.54. The van der Waals surface area contributed by atoms with Gasteiger partial charge in [-0.2, -0.15) is 4.57 Å². The quantitative estimate of drug-likeness (QED) is 0.396. The van der Waals surface area contributed by atoms with E-state index in [-0.39, 0.29) is 0 Å². The Bertz CT molecular complexity index is 1120. The smallest absolute Gasteiger partial charge is 0.191 e. The minimum atomic E-state index is 0.398. The van der Waals surface area contributed by atoms with E-state index in [1.165, 1.54) is 44.3 Å². The molecule has 0 saturated heterocycles. The highest BCUT2D eigenvalue weighted by Crippen LogP contribution is 2.38. The molecule has 1 nitrogen and oxygen atoms in total. The minimum Gasteiger partial charge on any atom is -0.191 e. The number of fused-ring (bicyclic) bond motifs is 4. The number of nitrogens with zero attached hydrogens (tertiary/aromatic N) is 1. The summed E-state index contributed by atoms with van der Waals surface area (Å²) in [5.41, 5.74) is 8.01. The Morgan fingerprint density at radius 3 is 2.44 bits per heavy atom. The lowest BCUT2D eigenvalue weighted by molar-refractivity contribution is -0.694. The van der Waals surface area contributed by atoms with Crippen molar-refractivity contribution in [2.24, 2.45) is 0 Å². The van der Waals surface area contributed by atoms with Gasteiger partial charge in [0, 0.05) is 24.6 Å². The summed E-state index contributed by atoms with van der Waals surface area (Å²) in [7, 11) is 0. The first-order valence-corrected chi connectivity index (χ1v) is 8.87. The van der Waals surface area contributed by atoms with Crippen LogP contribution < -0.4 is 4.57 Å². The van der Waals surface area contributed by atoms with Gasteiger partial charge in [-0.3, -0.25) is 0 Å². The predicted octanol–water partition coefficient (Wildman–Crippen LogP) is 5.69. The van der Waals surface area contributed by atoms with E-state index in [0.29, 0.717) is 6.04 Å². The average Bonchev–Trinajstić information content (AvgIpc) is 2.95. The van der Waals surface area contributed by atoms with Crippen LogP contribution in [0.15, 0.2) is 79.0 Å². The third-order valence-electron chi connectivity index (χ3n) is 5.54. The Labute approximate surface area is 148 Å². The second-order valence-corrected chi connectivity index (χ2v) is 6.95. The van der Waals surface area contributed by atoms with E-state index < -0.39 is 0 Å². The Morgan fingerprint density at radius 1 is 0.760 bits per heavy atom. The van der Waals surface area contributed by atoms with Crippen LogP contribution in [-0.4, -0.2) is 0 Å². The third kappa shape index (κ3) is 2.05. The summed E-state index contributed by atoms with van der Waals surface area (Å²) < 4.78 is 2.36. The van der Waals surface area contributed by atoms with Crippen molar-refractivity contribution in [1.29, 1.82) is 0 Å². The fourth-order valence-electron chi connectivity index (χ4n) is 4.18. The topological polar surface area (TPSA) is 3.88 Å². The SMILES string of the molecule is Cc1ccc(-c2ccc3c(c2)-c2cccc[n+]2C3C)c2ccccc12. The van der Waals surface area contributed by atoms with Crippen LogP contribution in [0.25, 0.3) is 33.2 Å². The van der Waals surface area contributed by atoms with Crippen molar-refractivity contribution < 1.29 is 4.57 Å². The summed E-state index contributed by atoms with van der Waals surface area (Å²) in [6, 6.07) is 27.0. The van der Waals surface area contributed by atoms with Crippen molar-refractivity contribution in [2.45, 2.75) is 19.9 Å². The van der Waals surface area contributed by atoms with Crippen LogP contribution in [-0.2, 0) is 0 Å². The average molecular weight is 322 g/mol. The van der Waals surface area contributed by atoms with Gasteiger partial charge in [0.2, 0.25) is 5.69 Å². The van der Waals surface area contributed by atoms with E-state index in [0.717, 1.165) is 0 Å². The first-order valence-electron chi connectivity index (χ1n) is 8.87. The molecule has 1 aromatic heterocycles. The number of aryl methyl sites for hydroxylation is 1. The highest BCUT2D eigenvalue weighted by atomic mass is 15.0. The van der Waals surface area contributed by atoms with Crippen LogP contribution in [0.5, 0.6) is 0 Å². The summed E-state index contributed by atoms with van der Waals surface area (Å²) >= 11 is 0. The standard InChI is InChI=1S/C24H20N/c1-16-10-12-21(22-8-4-3-7-19(16)22)18-11-13-20-17(2)25-14-6-5-9-24(25)23(20)15-18/h3-15,17H,1-2H3/q+1. The van der Waals surface area contributed by atoms with Gasteiger partial charge in [0.25, 0.3) is 0 Å². The number of hydrogen-bond donors (Lipinski definition) is 0. The maximum atomic E-state index is 2.36. The zero-order valence-electron chi connectivity index (χ0n) is 14.5. The molecule has 1 aliphatic heterocycles. The van der Waals surface area contributed by atoms with Crippen molar-refractivity contribution in [1.82, 2.24) is 0 Å². The summed E-state index contributed by atoms with van der Waals surface area (Å²) in [5.74, 6) is 0. The monoisotopic (exact) mass is 322 g/mol. The van der Waals surface area contributed by atoms with Crippen LogP contribution in [0.4, 0.5) is 0 Å². The maximum Gasteiger partial charge on any atom is 0.213 e. The van der Waals surface area contributed by atoms with Gasteiger partial charge in [0.15, 0.2) is 12.2 Å². The molecule has 0 fully saturated rings. The van der Waals surface area contributed by atoms with E-state index >= 15 is 0 Å². The Kier molecular flexibility index (Phi) is 3.05. The molecule has 1 heteroatoms. The molecule has 4 aromatic rings. The molecule has 0 bridgehead atoms. The van der Waals surface area contributed by atoms with Crippen LogP contribution in [0.3, 0.4) is 0 Å². The summed E-state index contributed by atoms with van der Waals surface area (Å²) in [6.07, 6.45) is 2.18. The van der Waals surface area contributed by atoms with E-state index in [9.17, 15) is 0 Å². The number of rotatable bonds is 1. The molecule has 0 aliphatic carbocycles. The van der Waals surface area contributed by atoms with Gasteiger partial charge in [0.05, 0.1) is 5.56 Å². The Hall–Kier alpha value is -2.93. The van der Waals surface area contributed by atoms with Crippen molar-refractivity contribution in [2.75, 3.05) is 0 Å². The summed E-state index contributed by atoms with van der Waals surface area (Å²) in [6.45, 7) is 4.46.